The van der Waals surface area contributed by atoms with Gasteiger partial charge in [-0.3, -0.25) is 0 Å². The van der Waals surface area contributed by atoms with Gasteiger partial charge in [0.2, 0.25) is 0 Å². The van der Waals surface area contributed by atoms with E-state index in [1.807, 2.05) is 6.20 Å². The van der Waals surface area contributed by atoms with Crippen LogP contribution in [0.25, 0.3) is 10.8 Å². The standard InChI is InChI=1S/C17H24N4/c1-20-8-7-13(11-20)12-21(2)17-16-6-4-3-5-15(16)14(9-18)10-19-17/h3-6,10,13H,7-9,11-12,18H2,1-2H3. The molecular weight excluding hydrogens is 260 g/mol. The first-order chi connectivity index (χ1) is 10.2. The molecule has 0 spiro atoms. The SMILES string of the molecule is CN1CCC(CN(C)c2ncc(CN)c3ccccc23)C1. The molecule has 1 aromatic carbocycles. The molecule has 1 unspecified atom stereocenters. The molecule has 2 N–H and O–H groups in total. The average Bonchev–Trinajstić information content (AvgIpc) is 2.91. The molecule has 4 nitrogen and oxygen atoms in total. The van der Waals surface area contributed by atoms with Crippen LogP contribution >= 0.6 is 0 Å². The fraction of sp³-hybridized carbons (Fsp3) is 0.471. The average molecular weight is 284 g/mol. The van der Waals surface area contributed by atoms with Crippen molar-refractivity contribution in [1.29, 1.82) is 0 Å². The zero-order valence-electron chi connectivity index (χ0n) is 12.9. The van der Waals surface area contributed by atoms with Gasteiger partial charge in [-0.25, -0.2) is 4.98 Å². The highest BCUT2D eigenvalue weighted by Crippen LogP contribution is 2.27. The highest BCUT2D eigenvalue weighted by atomic mass is 15.2. The zero-order valence-corrected chi connectivity index (χ0v) is 12.9. The van der Waals surface area contributed by atoms with Gasteiger partial charge in [0, 0.05) is 38.3 Å². The molecule has 1 aromatic heterocycles. The second-order valence-electron chi connectivity index (χ2n) is 6.15. The van der Waals surface area contributed by atoms with Crippen LogP contribution in [0.3, 0.4) is 0 Å². The Morgan fingerprint density at radius 3 is 2.76 bits per heavy atom. The van der Waals surface area contributed by atoms with Crippen LogP contribution in [0.1, 0.15) is 12.0 Å². The van der Waals surface area contributed by atoms with Gasteiger partial charge in [-0.15, -0.1) is 0 Å². The summed E-state index contributed by atoms with van der Waals surface area (Å²) in [7, 11) is 4.35. The molecule has 2 heterocycles. The number of aromatic nitrogens is 1. The Balaban J connectivity index is 1.89. The number of hydrogen-bond acceptors (Lipinski definition) is 4. The van der Waals surface area contributed by atoms with Crippen molar-refractivity contribution in [3.63, 3.8) is 0 Å². The van der Waals surface area contributed by atoms with Crippen molar-refractivity contribution in [2.24, 2.45) is 11.7 Å². The molecule has 1 aliphatic rings. The van der Waals surface area contributed by atoms with E-state index in [0.717, 1.165) is 23.8 Å². The van der Waals surface area contributed by atoms with E-state index < -0.39 is 0 Å². The smallest absolute Gasteiger partial charge is 0.136 e. The Morgan fingerprint density at radius 1 is 1.33 bits per heavy atom. The molecule has 0 aliphatic carbocycles. The Labute approximate surface area is 126 Å². The lowest BCUT2D eigenvalue weighted by Gasteiger charge is -2.24. The number of benzene rings is 1. The molecule has 1 fully saturated rings. The number of pyridine rings is 1. The van der Waals surface area contributed by atoms with E-state index in [1.54, 1.807) is 0 Å². The highest BCUT2D eigenvalue weighted by molar-refractivity contribution is 5.94. The minimum absolute atomic E-state index is 0.533. The maximum Gasteiger partial charge on any atom is 0.136 e. The van der Waals surface area contributed by atoms with Crippen LogP contribution in [-0.4, -0.2) is 43.6 Å². The molecule has 21 heavy (non-hydrogen) atoms. The van der Waals surface area contributed by atoms with Crippen molar-refractivity contribution >= 4 is 16.6 Å². The van der Waals surface area contributed by atoms with Crippen LogP contribution in [0.4, 0.5) is 5.82 Å². The maximum atomic E-state index is 5.83. The van der Waals surface area contributed by atoms with Crippen LogP contribution in [0.5, 0.6) is 0 Å². The molecule has 1 saturated heterocycles. The molecule has 0 saturated carbocycles. The number of hydrogen-bond donors (Lipinski definition) is 1. The van der Waals surface area contributed by atoms with Crippen molar-refractivity contribution in [3.05, 3.63) is 36.0 Å². The van der Waals surface area contributed by atoms with Gasteiger partial charge in [-0.1, -0.05) is 24.3 Å². The summed E-state index contributed by atoms with van der Waals surface area (Å²) < 4.78 is 0. The Hall–Kier alpha value is -1.65. The molecular formula is C17H24N4. The van der Waals surface area contributed by atoms with E-state index in [9.17, 15) is 0 Å². The minimum atomic E-state index is 0.533. The van der Waals surface area contributed by atoms with Gasteiger partial charge in [0.05, 0.1) is 0 Å². The van der Waals surface area contributed by atoms with Crippen LogP contribution in [-0.2, 0) is 6.54 Å². The number of likely N-dealkylation sites (tertiary alicyclic amines) is 1. The van der Waals surface area contributed by atoms with E-state index in [0.29, 0.717) is 6.54 Å². The van der Waals surface area contributed by atoms with Gasteiger partial charge in [-0.05, 0) is 36.9 Å². The monoisotopic (exact) mass is 284 g/mol. The van der Waals surface area contributed by atoms with E-state index >= 15 is 0 Å². The maximum absolute atomic E-state index is 5.83. The van der Waals surface area contributed by atoms with Gasteiger partial charge in [0.15, 0.2) is 0 Å². The lowest BCUT2D eigenvalue weighted by atomic mass is 10.1. The fourth-order valence-electron chi connectivity index (χ4n) is 3.35. The van der Waals surface area contributed by atoms with Gasteiger partial charge < -0.3 is 15.5 Å². The lowest BCUT2D eigenvalue weighted by molar-refractivity contribution is 0.396. The zero-order chi connectivity index (χ0) is 14.8. The van der Waals surface area contributed by atoms with E-state index in [1.165, 1.54) is 30.3 Å². The Kier molecular flexibility index (Phi) is 4.08. The van der Waals surface area contributed by atoms with Crippen molar-refractivity contribution in [3.8, 4) is 0 Å². The lowest BCUT2D eigenvalue weighted by Crippen LogP contribution is -2.28. The minimum Gasteiger partial charge on any atom is -0.359 e. The van der Waals surface area contributed by atoms with Crippen molar-refractivity contribution < 1.29 is 0 Å². The van der Waals surface area contributed by atoms with Gasteiger partial charge >= 0.3 is 0 Å². The number of fused-ring (bicyclic) bond motifs is 1. The molecule has 3 rings (SSSR count). The number of nitrogens with zero attached hydrogens (tertiary/aromatic N) is 3. The fourth-order valence-corrected chi connectivity index (χ4v) is 3.35. The summed E-state index contributed by atoms with van der Waals surface area (Å²) in [6.07, 6.45) is 3.20. The van der Waals surface area contributed by atoms with Crippen LogP contribution < -0.4 is 10.6 Å². The molecule has 0 radical (unpaired) electrons. The van der Waals surface area contributed by atoms with Gasteiger partial charge in [0.25, 0.3) is 0 Å². The van der Waals surface area contributed by atoms with Crippen molar-refractivity contribution in [2.75, 3.05) is 38.6 Å². The third-order valence-corrected chi connectivity index (χ3v) is 4.46. The summed E-state index contributed by atoms with van der Waals surface area (Å²) in [5.41, 5.74) is 6.94. The summed E-state index contributed by atoms with van der Waals surface area (Å²) in [6.45, 7) is 3.98. The summed E-state index contributed by atoms with van der Waals surface area (Å²) in [5, 5.41) is 2.43. The third kappa shape index (κ3) is 2.87. The molecule has 2 aromatic rings. The molecule has 4 heteroatoms. The quantitative estimate of drug-likeness (QED) is 0.933. The first-order valence-corrected chi connectivity index (χ1v) is 7.65. The third-order valence-electron chi connectivity index (χ3n) is 4.46. The Bertz CT molecular complexity index is 625. The summed E-state index contributed by atoms with van der Waals surface area (Å²) >= 11 is 0. The largest absolute Gasteiger partial charge is 0.359 e. The van der Waals surface area contributed by atoms with Gasteiger partial charge in [0.1, 0.15) is 5.82 Å². The van der Waals surface area contributed by atoms with Crippen LogP contribution in [0.15, 0.2) is 30.5 Å². The van der Waals surface area contributed by atoms with E-state index in [-0.39, 0.29) is 0 Å². The van der Waals surface area contributed by atoms with E-state index in [2.05, 4.69) is 53.1 Å². The summed E-state index contributed by atoms with van der Waals surface area (Å²) in [6, 6.07) is 8.43. The van der Waals surface area contributed by atoms with Crippen molar-refractivity contribution in [2.45, 2.75) is 13.0 Å². The number of nitrogens with two attached hydrogens (primary N) is 1. The number of anilines is 1. The second-order valence-corrected chi connectivity index (χ2v) is 6.15. The normalized spacial score (nSPS) is 19.3. The van der Waals surface area contributed by atoms with Crippen LogP contribution in [0.2, 0.25) is 0 Å². The summed E-state index contributed by atoms with van der Waals surface area (Å²) in [5.74, 6) is 1.80. The molecule has 112 valence electrons. The van der Waals surface area contributed by atoms with Crippen LogP contribution in [0, 0.1) is 5.92 Å². The first kappa shape index (κ1) is 14.3. The Morgan fingerprint density at radius 2 is 2.10 bits per heavy atom. The topological polar surface area (TPSA) is 45.4 Å². The van der Waals surface area contributed by atoms with E-state index in [4.69, 9.17) is 5.73 Å². The number of rotatable bonds is 4. The predicted molar refractivity (Wildman–Crippen MR) is 88.5 cm³/mol. The van der Waals surface area contributed by atoms with Gasteiger partial charge in [-0.2, -0.15) is 0 Å². The predicted octanol–water partition coefficient (Wildman–Crippen LogP) is 2.08. The first-order valence-electron chi connectivity index (χ1n) is 7.65. The molecule has 0 amide bonds. The van der Waals surface area contributed by atoms with Crippen molar-refractivity contribution in [1.82, 2.24) is 9.88 Å². The second kappa shape index (κ2) is 6.00. The summed E-state index contributed by atoms with van der Waals surface area (Å²) in [4.78, 5) is 9.37. The molecule has 1 atom stereocenters. The highest BCUT2D eigenvalue weighted by Gasteiger charge is 2.22. The molecule has 1 aliphatic heterocycles. The molecule has 0 bridgehead atoms.